The quantitative estimate of drug-likeness (QED) is 0.831. The van der Waals surface area contributed by atoms with Gasteiger partial charge < -0.3 is 20.1 Å². The van der Waals surface area contributed by atoms with Crippen LogP contribution < -0.4 is 10.2 Å². The zero-order valence-electron chi connectivity index (χ0n) is 13.3. The Kier molecular flexibility index (Phi) is 4.42. The lowest BCUT2D eigenvalue weighted by atomic mass is 10.0. The standard InChI is InChI=1S/C16H22N2O4/c1-16(2,3)22-15(21)17-11-9-13(19)10-7-5-6-8-12(10)18(4)14(11)20/h5-8,11,13,19H,9H2,1-4H3,(H,17,21). The first kappa shape index (κ1) is 16.3. The molecule has 0 bridgehead atoms. The van der Waals surface area contributed by atoms with Crippen molar-refractivity contribution in [3.05, 3.63) is 29.8 Å². The minimum Gasteiger partial charge on any atom is -0.444 e. The van der Waals surface area contributed by atoms with Gasteiger partial charge in [-0.15, -0.1) is 0 Å². The van der Waals surface area contributed by atoms with E-state index in [-0.39, 0.29) is 12.3 Å². The van der Waals surface area contributed by atoms with Gasteiger partial charge in [0.05, 0.1) is 6.10 Å². The van der Waals surface area contributed by atoms with Crippen LogP contribution in [-0.4, -0.2) is 35.8 Å². The third-order valence-corrected chi connectivity index (χ3v) is 3.44. The number of hydrogen-bond acceptors (Lipinski definition) is 4. The summed E-state index contributed by atoms with van der Waals surface area (Å²) < 4.78 is 5.17. The van der Waals surface area contributed by atoms with Crippen molar-refractivity contribution in [3.8, 4) is 0 Å². The second-order valence-electron chi connectivity index (χ2n) is 6.41. The van der Waals surface area contributed by atoms with Crippen LogP contribution in [0, 0.1) is 0 Å². The lowest BCUT2D eigenvalue weighted by Crippen LogP contribution is -2.48. The molecule has 0 aliphatic carbocycles. The van der Waals surface area contributed by atoms with Gasteiger partial charge >= 0.3 is 6.09 Å². The number of hydrogen-bond donors (Lipinski definition) is 2. The predicted molar refractivity (Wildman–Crippen MR) is 82.6 cm³/mol. The maximum Gasteiger partial charge on any atom is 0.408 e. The Hall–Kier alpha value is -2.08. The minimum absolute atomic E-state index is 0.111. The highest BCUT2D eigenvalue weighted by molar-refractivity contribution is 5.99. The van der Waals surface area contributed by atoms with Gasteiger partial charge in [0, 0.05) is 24.7 Å². The van der Waals surface area contributed by atoms with E-state index in [0.29, 0.717) is 11.3 Å². The predicted octanol–water partition coefficient (Wildman–Crippen LogP) is 1.98. The number of anilines is 1. The molecule has 0 radical (unpaired) electrons. The van der Waals surface area contributed by atoms with Crippen molar-refractivity contribution < 1.29 is 19.4 Å². The maximum atomic E-state index is 12.5. The number of nitrogens with one attached hydrogen (secondary N) is 1. The number of carbonyl (C=O) groups is 2. The molecule has 2 unspecified atom stereocenters. The molecule has 22 heavy (non-hydrogen) atoms. The number of aliphatic hydroxyl groups is 1. The fourth-order valence-electron chi connectivity index (χ4n) is 2.45. The number of alkyl carbamates (subject to hydrolysis) is 1. The second-order valence-corrected chi connectivity index (χ2v) is 6.41. The number of aliphatic hydroxyl groups excluding tert-OH is 1. The number of nitrogens with zero attached hydrogens (tertiary/aromatic N) is 1. The molecule has 6 nitrogen and oxygen atoms in total. The number of benzene rings is 1. The molecule has 0 saturated carbocycles. The highest BCUT2D eigenvalue weighted by Gasteiger charge is 2.34. The van der Waals surface area contributed by atoms with Crippen LogP contribution >= 0.6 is 0 Å². The Bertz CT molecular complexity index is 580. The van der Waals surface area contributed by atoms with Crippen molar-refractivity contribution in [1.29, 1.82) is 0 Å². The van der Waals surface area contributed by atoms with Crippen LogP contribution in [0.5, 0.6) is 0 Å². The molecule has 2 rings (SSSR count). The number of ether oxygens (including phenoxy) is 1. The van der Waals surface area contributed by atoms with Crippen LogP contribution in [0.15, 0.2) is 24.3 Å². The van der Waals surface area contributed by atoms with Gasteiger partial charge in [0.15, 0.2) is 0 Å². The Morgan fingerprint density at radius 2 is 2.00 bits per heavy atom. The van der Waals surface area contributed by atoms with Crippen molar-refractivity contribution >= 4 is 17.7 Å². The van der Waals surface area contributed by atoms with Gasteiger partial charge in [-0.3, -0.25) is 4.79 Å². The monoisotopic (exact) mass is 306 g/mol. The van der Waals surface area contributed by atoms with Crippen molar-refractivity contribution in [2.45, 2.75) is 44.9 Å². The highest BCUT2D eigenvalue weighted by atomic mass is 16.6. The summed E-state index contributed by atoms with van der Waals surface area (Å²) in [6.45, 7) is 5.24. The average Bonchev–Trinajstić information content (AvgIpc) is 2.49. The average molecular weight is 306 g/mol. The van der Waals surface area contributed by atoms with E-state index in [9.17, 15) is 14.7 Å². The van der Waals surface area contributed by atoms with Crippen LogP contribution in [-0.2, 0) is 9.53 Å². The molecule has 1 heterocycles. The Morgan fingerprint density at radius 1 is 1.36 bits per heavy atom. The molecule has 1 aromatic carbocycles. The lowest BCUT2D eigenvalue weighted by molar-refractivity contribution is -0.120. The topological polar surface area (TPSA) is 78.9 Å². The summed E-state index contributed by atoms with van der Waals surface area (Å²) in [5.74, 6) is -0.283. The van der Waals surface area contributed by atoms with E-state index in [2.05, 4.69) is 5.32 Å². The number of carbonyl (C=O) groups excluding carboxylic acids is 2. The van der Waals surface area contributed by atoms with E-state index in [1.165, 1.54) is 4.90 Å². The minimum atomic E-state index is -0.831. The zero-order chi connectivity index (χ0) is 16.5. The SMILES string of the molecule is CN1C(=O)C(NC(=O)OC(C)(C)C)CC(O)c2ccccc21. The third kappa shape index (κ3) is 3.57. The first-order valence-electron chi connectivity index (χ1n) is 7.23. The molecule has 1 aliphatic rings. The molecule has 1 aliphatic heterocycles. The Morgan fingerprint density at radius 3 is 2.64 bits per heavy atom. The molecule has 6 heteroatoms. The summed E-state index contributed by atoms with van der Waals surface area (Å²) in [4.78, 5) is 25.8. The van der Waals surface area contributed by atoms with Gasteiger partial charge in [-0.05, 0) is 26.8 Å². The van der Waals surface area contributed by atoms with E-state index in [1.54, 1.807) is 46.0 Å². The largest absolute Gasteiger partial charge is 0.444 e. The summed E-state index contributed by atoms with van der Waals surface area (Å²) in [6.07, 6.45) is -1.39. The number of likely N-dealkylation sites (N-methyl/N-ethyl adjacent to an activating group) is 1. The van der Waals surface area contributed by atoms with Crippen LogP contribution in [0.2, 0.25) is 0 Å². The first-order valence-corrected chi connectivity index (χ1v) is 7.23. The van der Waals surface area contributed by atoms with Crippen LogP contribution in [0.4, 0.5) is 10.5 Å². The molecule has 0 saturated heterocycles. The zero-order valence-corrected chi connectivity index (χ0v) is 13.3. The van der Waals surface area contributed by atoms with Gasteiger partial charge in [-0.2, -0.15) is 0 Å². The molecule has 2 atom stereocenters. The van der Waals surface area contributed by atoms with E-state index < -0.39 is 23.8 Å². The highest BCUT2D eigenvalue weighted by Crippen LogP contribution is 2.32. The third-order valence-electron chi connectivity index (χ3n) is 3.44. The van der Waals surface area contributed by atoms with Crippen molar-refractivity contribution in [3.63, 3.8) is 0 Å². The lowest BCUT2D eigenvalue weighted by Gasteiger charge is -2.24. The van der Waals surface area contributed by atoms with Gasteiger partial charge in [0.1, 0.15) is 11.6 Å². The molecule has 2 amide bonds. The van der Waals surface area contributed by atoms with Crippen molar-refractivity contribution in [2.75, 3.05) is 11.9 Å². The number of fused-ring (bicyclic) bond motifs is 1. The van der Waals surface area contributed by atoms with Gasteiger partial charge in [0.2, 0.25) is 5.91 Å². The molecule has 0 spiro atoms. The van der Waals surface area contributed by atoms with E-state index in [1.807, 2.05) is 6.07 Å². The first-order chi connectivity index (χ1) is 10.2. The number of amides is 2. The molecular weight excluding hydrogens is 284 g/mol. The van der Waals surface area contributed by atoms with E-state index >= 15 is 0 Å². The van der Waals surface area contributed by atoms with E-state index in [0.717, 1.165) is 0 Å². The Labute approximate surface area is 130 Å². The summed E-state index contributed by atoms with van der Waals surface area (Å²) in [6, 6.07) is 6.33. The summed E-state index contributed by atoms with van der Waals surface area (Å²) in [5, 5.41) is 12.9. The van der Waals surface area contributed by atoms with E-state index in [4.69, 9.17) is 4.74 Å². The molecule has 120 valence electrons. The van der Waals surface area contributed by atoms with Crippen molar-refractivity contribution in [2.24, 2.45) is 0 Å². The number of para-hydroxylation sites is 1. The second kappa shape index (κ2) is 5.96. The van der Waals surface area contributed by atoms with Crippen molar-refractivity contribution in [1.82, 2.24) is 5.32 Å². The molecular formula is C16H22N2O4. The van der Waals surface area contributed by atoms with Gasteiger partial charge in [0.25, 0.3) is 0 Å². The Balaban J connectivity index is 2.19. The number of rotatable bonds is 1. The fraction of sp³-hybridized carbons (Fsp3) is 0.500. The van der Waals surface area contributed by atoms with Crippen LogP contribution in [0.3, 0.4) is 0 Å². The van der Waals surface area contributed by atoms with Gasteiger partial charge in [-0.1, -0.05) is 18.2 Å². The molecule has 0 fully saturated rings. The normalized spacial score (nSPS) is 21.9. The molecule has 1 aromatic rings. The van der Waals surface area contributed by atoms with Crippen LogP contribution in [0.1, 0.15) is 38.9 Å². The smallest absolute Gasteiger partial charge is 0.408 e. The maximum absolute atomic E-state index is 12.5. The van der Waals surface area contributed by atoms with Gasteiger partial charge in [-0.25, -0.2) is 4.79 Å². The van der Waals surface area contributed by atoms with Crippen LogP contribution in [0.25, 0.3) is 0 Å². The molecule has 0 aromatic heterocycles. The summed E-state index contributed by atoms with van der Waals surface area (Å²) in [7, 11) is 1.63. The summed E-state index contributed by atoms with van der Waals surface area (Å²) in [5.41, 5.74) is 0.672. The molecule has 2 N–H and O–H groups in total. The summed E-state index contributed by atoms with van der Waals surface area (Å²) >= 11 is 0. The fourth-order valence-corrected chi connectivity index (χ4v) is 2.45.